The maximum absolute atomic E-state index is 12.7. The number of aromatic nitrogens is 2. The van der Waals surface area contributed by atoms with Gasteiger partial charge in [0, 0.05) is 29.6 Å². The van der Waals surface area contributed by atoms with Gasteiger partial charge in [-0.1, -0.05) is 27.7 Å². The number of hydrogen-bond donors (Lipinski definition) is 4. The number of carbonyl (C=O) groups excluding carboxylic acids is 1. The van der Waals surface area contributed by atoms with Crippen LogP contribution in [-0.4, -0.2) is 39.3 Å². The van der Waals surface area contributed by atoms with Crippen LogP contribution in [0.15, 0.2) is 29.9 Å². The fraction of sp³-hybridized carbons (Fsp3) is 0.600. The predicted molar refractivity (Wildman–Crippen MR) is 104 cm³/mol. The van der Waals surface area contributed by atoms with E-state index in [4.69, 9.17) is 5.41 Å². The topological polar surface area (TPSA) is 111 Å². The Hall–Kier alpha value is -2.28. The lowest BCUT2D eigenvalue weighted by molar-refractivity contribution is -0.116. The molecule has 1 amide bonds. The summed E-state index contributed by atoms with van der Waals surface area (Å²) in [6.07, 6.45) is 7.57. The van der Waals surface area contributed by atoms with Gasteiger partial charge in [-0.25, -0.2) is 4.98 Å². The summed E-state index contributed by atoms with van der Waals surface area (Å²) in [5.74, 6) is 0.492. The van der Waals surface area contributed by atoms with Crippen molar-refractivity contribution in [1.29, 1.82) is 5.41 Å². The molecule has 1 aromatic heterocycles. The van der Waals surface area contributed by atoms with Crippen molar-refractivity contribution in [1.82, 2.24) is 15.3 Å². The molecule has 7 nitrogen and oxygen atoms in total. The summed E-state index contributed by atoms with van der Waals surface area (Å²) in [6.45, 7) is 7.95. The molecule has 2 aliphatic rings. The standard InChI is InChI=1S/C20H29N5O2/c1-19(2,3)14(11-26)24-18(27)16(21)12-5-6-20(4)9-13(20)17(12)25-15-10-22-7-8-23-15/h7-8,10,13-14,21,26H,5-6,9,11H2,1-4H3,(H,23,25)(H,24,27)/t13?,14-,20?/m1/s1. The van der Waals surface area contributed by atoms with Crippen LogP contribution in [0.1, 0.15) is 47.0 Å². The van der Waals surface area contributed by atoms with E-state index in [1.807, 2.05) is 20.8 Å². The minimum atomic E-state index is -0.443. The van der Waals surface area contributed by atoms with Crippen LogP contribution in [0.4, 0.5) is 5.82 Å². The van der Waals surface area contributed by atoms with E-state index in [0.29, 0.717) is 18.2 Å². The first kappa shape index (κ1) is 19.5. The number of fused-ring (bicyclic) bond motifs is 1. The molecule has 1 saturated carbocycles. The molecule has 0 bridgehead atoms. The summed E-state index contributed by atoms with van der Waals surface area (Å²) in [5, 5.41) is 24.2. The van der Waals surface area contributed by atoms with Gasteiger partial charge >= 0.3 is 0 Å². The molecule has 4 N–H and O–H groups in total. The van der Waals surface area contributed by atoms with Crippen molar-refractivity contribution in [2.75, 3.05) is 11.9 Å². The minimum absolute atomic E-state index is 0.0296. The number of allylic oxidation sites excluding steroid dienone is 1. The number of nitrogens with zero attached hydrogens (tertiary/aromatic N) is 2. The zero-order valence-electron chi connectivity index (χ0n) is 16.5. The fourth-order valence-corrected chi connectivity index (χ4v) is 3.72. The van der Waals surface area contributed by atoms with Gasteiger partial charge in [0.2, 0.25) is 0 Å². The number of anilines is 1. The highest BCUT2D eigenvalue weighted by Gasteiger charge is 2.55. The van der Waals surface area contributed by atoms with Gasteiger partial charge in [0.15, 0.2) is 0 Å². The summed E-state index contributed by atoms with van der Waals surface area (Å²) in [5.41, 5.74) is 1.58. The molecule has 0 radical (unpaired) electrons. The zero-order valence-corrected chi connectivity index (χ0v) is 16.5. The number of carbonyl (C=O) groups is 1. The van der Waals surface area contributed by atoms with Crippen molar-refractivity contribution < 1.29 is 9.90 Å². The molecule has 146 valence electrons. The van der Waals surface area contributed by atoms with E-state index < -0.39 is 11.9 Å². The van der Waals surface area contributed by atoms with Gasteiger partial charge in [0.25, 0.3) is 5.91 Å². The van der Waals surface area contributed by atoms with Crippen molar-refractivity contribution in [3.8, 4) is 0 Å². The fourth-order valence-electron chi connectivity index (χ4n) is 3.72. The van der Waals surface area contributed by atoms with Gasteiger partial charge in [-0.05, 0) is 30.1 Å². The third-order valence-electron chi connectivity index (χ3n) is 5.86. The van der Waals surface area contributed by atoms with E-state index in [1.54, 1.807) is 18.6 Å². The molecule has 27 heavy (non-hydrogen) atoms. The SMILES string of the molecule is CC12CCC(C(=N)C(=O)N[C@H](CO)C(C)(C)C)=C(Nc3cnccn3)C1C2. The van der Waals surface area contributed by atoms with Gasteiger partial charge in [0.1, 0.15) is 11.5 Å². The summed E-state index contributed by atoms with van der Waals surface area (Å²) >= 11 is 0. The zero-order chi connectivity index (χ0) is 19.8. The molecule has 2 unspecified atom stereocenters. The quantitative estimate of drug-likeness (QED) is 0.574. The second kappa shape index (κ2) is 7.03. The molecule has 7 heteroatoms. The van der Waals surface area contributed by atoms with E-state index in [-0.39, 0.29) is 23.1 Å². The number of hydrogen-bond acceptors (Lipinski definition) is 6. The highest BCUT2D eigenvalue weighted by atomic mass is 16.3. The molecular formula is C20H29N5O2. The number of aliphatic hydroxyl groups excluding tert-OH is 1. The second-order valence-corrected chi connectivity index (χ2v) is 8.97. The van der Waals surface area contributed by atoms with Gasteiger partial charge in [-0.3, -0.25) is 15.2 Å². The Labute approximate surface area is 160 Å². The summed E-state index contributed by atoms with van der Waals surface area (Å²) in [7, 11) is 0. The average Bonchev–Trinajstić information content (AvgIpc) is 3.31. The van der Waals surface area contributed by atoms with Crippen LogP contribution in [0, 0.1) is 22.2 Å². The molecule has 1 aromatic rings. The number of rotatable bonds is 6. The van der Waals surface area contributed by atoms with E-state index in [1.165, 1.54) is 0 Å². The number of nitrogens with one attached hydrogen (secondary N) is 3. The van der Waals surface area contributed by atoms with Gasteiger partial charge < -0.3 is 15.7 Å². The van der Waals surface area contributed by atoms with Crippen molar-refractivity contribution in [2.45, 2.75) is 53.0 Å². The Morgan fingerprint density at radius 3 is 2.78 bits per heavy atom. The van der Waals surface area contributed by atoms with Crippen LogP contribution in [0.3, 0.4) is 0 Å². The lowest BCUT2D eigenvalue weighted by Crippen LogP contribution is -2.48. The third kappa shape index (κ3) is 4.03. The molecule has 3 rings (SSSR count). The lowest BCUT2D eigenvalue weighted by atomic mass is 9.84. The first-order chi connectivity index (χ1) is 12.7. The van der Waals surface area contributed by atoms with E-state index in [2.05, 4.69) is 27.5 Å². The van der Waals surface area contributed by atoms with Crippen LogP contribution < -0.4 is 10.6 Å². The molecule has 0 aromatic carbocycles. The van der Waals surface area contributed by atoms with Gasteiger partial charge in [0.05, 0.1) is 18.8 Å². The van der Waals surface area contributed by atoms with Crippen LogP contribution in [0.2, 0.25) is 0 Å². The molecule has 1 heterocycles. The first-order valence-electron chi connectivity index (χ1n) is 9.42. The first-order valence-corrected chi connectivity index (χ1v) is 9.42. The maximum Gasteiger partial charge on any atom is 0.269 e. The highest BCUT2D eigenvalue weighted by Crippen LogP contribution is 2.62. The van der Waals surface area contributed by atoms with Crippen molar-refractivity contribution in [3.63, 3.8) is 0 Å². The molecule has 2 aliphatic carbocycles. The Bertz CT molecular complexity index is 768. The highest BCUT2D eigenvalue weighted by molar-refractivity contribution is 6.44. The summed E-state index contributed by atoms with van der Waals surface area (Å²) in [4.78, 5) is 21.1. The summed E-state index contributed by atoms with van der Waals surface area (Å²) in [6, 6.07) is -0.405. The Morgan fingerprint density at radius 2 is 2.19 bits per heavy atom. The summed E-state index contributed by atoms with van der Waals surface area (Å²) < 4.78 is 0. The molecule has 1 fully saturated rings. The van der Waals surface area contributed by atoms with Gasteiger partial charge in [-0.15, -0.1) is 0 Å². The van der Waals surface area contributed by atoms with Gasteiger partial charge in [-0.2, -0.15) is 0 Å². The van der Waals surface area contributed by atoms with Crippen LogP contribution >= 0.6 is 0 Å². The molecule has 0 spiro atoms. The number of aliphatic hydroxyl groups is 1. The van der Waals surface area contributed by atoms with Crippen LogP contribution in [-0.2, 0) is 4.79 Å². The maximum atomic E-state index is 12.7. The minimum Gasteiger partial charge on any atom is -0.394 e. The van der Waals surface area contributed by atoms with Crippen LogP contribution in [0.25, 0.3) is 0 Å². The Morgan fingerprint density at radius 1 is 1.44 bits per heavy atom. The Balaban J connectivity index is 1.84. The largest absolute Gasteiger partial charge is 0.394 e. The molecule has 3 atom stereocenters. The molecular weight excluding hydrogens is 342 g/mol. The van der Waals surface area contributed by atoms with E-state index in [0.717, 1.165) is 24.1 Å². The second-order valence-electron chi connectivity index (χ2n) is 8.97. The lowest BCUT2D eigenvalue weighted by Gasteiger charge is -2.31. The predicted octanol–water partition coefficient (Wildman–Crippen LogP) is 2.51. The molecule has 0 aliphatic heterocycles. The average molecular weight is 371 g/mol. The normalized spacial score (nSPS) is 25.4. The van der Waals surface area contributed by atoms with Crippen molar-refractivity contribution in [2.24, 2.45) is 16.7 Å². The van der Waals surface area contributed by atoms with Crippen molar-refractivity contribution >= 4 is 17.4 Å². The third-order valence-corrected chi connectivity index (χ3v) is 5.86. The smallest absolute Gasteiger partial charge is 0.269 e. The van der Waals surface area contributed by atoms with Crippen LogP contribution in [0.5, 0.6) is 0 Å². The van der Waals surface area contributed by atoms with E-state index >= 15 is 0 Å². The van der Waals surface area contributed by atoms with E-state index in [9.17, 15) is 9.90 Å². The molecule has 0 saturated heterocycles. The monoisotopic (exact) mass is 371 g/mol. The van der Waals surface area contributed by atoms with Crippen molar-refractivity contribution in [3.05, 3.63) is 29.9 Å². The Kier molecular flexibility index (Phi) is 5.08. The number of amides is 1.